The topological polar surface area (TPSA) is 97.7 Å². The van der Waals surface area contributed by atoms with E-state index in [1.807, 2.05) is 24.3 Å². The molecule has 0 spiro atoms. The molecule has 1 N–H and O–H groups in total. The number of nitro groups is 1. The average molecular weight is 352 g/mol. The van der Waals surface area contributed by atoms with Crippen LogP contribution in [0.4, 0.5) is 5.88 Å². The fraction of sp³-hybridized carbons (Fsp3) is 0.0769. The van der Waals surface area contributed by atoms with Gasteiger partial charge < -0.3 is 4.42 Å². The first-order chi connectivity index (χ1) is 10.0. The van der Waals surface area contributed by atoms with Crippen molar-refractivity contribution in [1.82, 2.24) is 5.43 Å². The third kappa shape index (κ3) is 4.53. The molecule has 1 aromatic carbocycles. The lowest BCUT2D eigenvalue weighted by Gasteiger charge is -2.00. The number of nitrogens with one attached hydrogen (secondary N) is 1. The van der Waals surface area contributed by atoms with Crippen LogP contribution < -0.4 is 5.43 Å². The number of halogens is 1. The number of hydrogen-bond acceptors (Lipinski definition) is 5. The fourth-order valence-electron chi connectivity index (χ4n) is 1.50. The van der Waals surface area contributed by atoms with Gasteiger partial charge in [-0.05, 0) is 23.8 Å². The molecule has 0 radical (unpaired) electrons. The summed E-state index contributed by atoms with van der Waals surface area (Å²) in [4.78, 5) is 21.4. The van der Waals surface area contributed by atoms with Crippen LogP contribution in [-0.4, -0.2) is 17.0 Å². The maximum atomic E-state index is 11.6. The van der Waals surface area contributed by atoms with Gasteiger partial charge in [-0.3, -0.25) is 14.9 Å². The molecule has 0 fully saturated rings. The van der Waals surface area contributed by atoms with Crippen LogP contribution >= 0.6 is 15.9 Å². The van der Waals surface area contributed by atoms with E-state index in [1.165, 1.54) is 18.3 Å². The van der Waals surface area contributed by atoms with Crippen molar-refractivity contribution in [2.24, 2.45) is 5.10 Å². The van der Waals surface area contributed by atoms with Crippen LogP contribution in [0.1, 0.15) is 11.3 Å². The van der Waals surface area contributed by atoms with E-state index in [9.17, 15) is 14.9 Å². The summed E-state index contributed by atoms with van der Waals surface area (Å²) >= 11 is 3.31. The number of hydrazone groups is 1. The van der Waals surface area contributed by atoms with Gasteiger partial charge in [0.2, 0.25) is 5.91 Å². The first-order valence-corrected chi connectivity index (χ1v) is 6.64. The predicted octanol–water partition coefficient (Wildman–Crippen LogP) is 2.64. The lowest BCUT2D eigenvalue weighted by atomic mass is 10.1. The van der Waals surface area contributed by atoms with Gasteiger partial charge in [-0.15, -0.1) is 0 Å². The highest BCUT2D eigenvalue weighted by Gasteiger charge is 2.10. The van der Waals surface area contributed by atoms with Crippen molar-refractivity contribution < 1.29 is 14.1 Å². The molecule has 7 nitrogen and oxygen atoms in total. The molecule has 8 heteroatoms. The minimum absolute atomic E-state index is 0.183. The average Bonchev–Trinajstić information content (AvgIpc) is 2.90. The zero-order valence-electron chi connectivity index (χ0n) is 10.7. The summed E-state index contributed by atoms with van der Waals surface area (Å²) in [6.07, 6.45) is 1.38. The van der Waals surface area contributed by atoms with Gasteiger partial charge in [-0.1, -0.05) is 28.1 Å². The Kier molecular flexibility index (Phi) is 4.83. The lowest BCUT2D eigenvalue weighted by Crippen LogP contribution is -2.19. The summed E-state index contributed by atoms with van der Waals surface area (Å²) in [6, 6.07) is 9.93. The summed E-state index contributed by atoms with van der Waals surface area (Å²) in [5.41, 5.74) is 3.17. The Morgan fingerprint density at radius 3 is 2.67 bits per heavy atom. The third-order valence-corrected chi connectivity index (χ3v) is 2.98. The molecule has 1 heterocycles. The number of amides is 1. The molecule has 0 aliphatic rings. The molecule has 21 heavy (non-hydrogen) atoms. The number of hydrogen-bond donors (Lipinski definition) is 1. The summed E-state index contributed by atoms with van der Waals surface area (Å²) in [6.45, 7) is 0. The highest BCUT2D eigenvalue weighted by molar-refractivity contribution is 9.10. The molecule has 0 unspecified atom stereocenters. The maximum Gasteiger partial charge on any atom is 0.433 e. The standard InChI is InChI=1S/C13H10BrN3O4/c14-10-3-1-9(2-4-10)7-12(18)16-15-8-11-5-6-13(21-11)17(19)20/h1-6,8H,7H2,(H,16,18)/b15-8-. The van der Waals surface area contributed by atoms with E-state index in [1.54, 1.807) is 0 Å². The zero-order valence-corrected chi connectivity index (χ0v) is 12.2. The summed E-state index contributed by atoms with van der Waals surface area (Å²) < 4.78 is 5.79. The van der Waals surface area contributed by atoms with Crippen molar-refractivity contribution in [3.8, 4) is 0 Å². The number of rotatable bonds is 5. The van der Waals surface area contributed by atoms with Crippen LogP contribution in [0, 0.1) is 10.1 Å². The summed E-state index contributed by atoms with van der Waals surface area (Å²) in [5.74, 6) is -0.488. The van der Waals surface area contributed by atoms with Gasteiger partial charge in [-0.25, -0.2) is 5.43 Å². The van der Waals surface area contributed by atoms with Crippen molar-refractivity contribution in [3.63, 3.8) is 0 Å². The highest BCUT2D eigenvalue weighted by atomic mass is 79.9. The Balaban J connectivity index is 1.86. The number of benzene rings is 1. The molecular weight excluding hydrogens is 342 g/mol. The van der Waals surface area contributed by atoms with Crippen molar-refractivity contribution in [3.05, 3.63) is 62.3 Å². The van der Waals surface area contributed by atoms with Crippen LogP contribution in [-0.2, 0) is 11.2 Å². The van der Waals surface area contributed by atoms with E-state index in [4.69, 9.17) is 4.42 Å². The molecule has 0 aliphatic heterocycles. The second-order valence-electron chi connectivity index (χ2n) is 4.03. The maximum absolute atomic E-state index is 11.6. The Hall–Kier alpha value is -2.48. The lowest BCUT2D eigenvalue weighted by molar-refractivity contribution is -0.402. The van der Waals surface area contributed by atoms with E-state index >= 15 is 0 Å². The Bertz CT molecular complexity index is 679. The van der Waals surface area contributed by atoms with Gasteiger partial charge in [0.15, 0.2) is 5.76 Å². The molecule has 0 saturated carbocycles. The largest absolute Gasteiger partial charge is 0.433 e. The summed E-state index contributed by atoms with van der Waals surface area (Å²) in [7, 11) is 0. The third-order valence-electron chi connectivity index (χ3n) is 2.45. The molecule has 0 atom stereocenters. The molecule has 2 aromatic rings. The Labute approximate surface area is 127 Å². The number of carbonyl (C=O) groups excluding carboxylic acids is 1. The molecule has 1 aromatic heterocycles. The minimum Gasteiger partial charge on any atom is -0.400 e. The van der Waals surface area contributed by atoms with Crippen molar-refractivity contribution in [1.29, 1.82) is 0 Å². The zero-order chi connectivity index (χ0) is 15.2. The SMILES string of the molecule is O=C(Cc1ccc(Br)cc1)N/N=C\c1ccc([N+](=O)[O-])o1. The molecule has 0 bridgehead atoms. The second-order valence-corrected chi connectivity index (χ2v) is 4.95. The van der Waals surface area contributed by atoms with Gasteiger partial charge in [0, 0.05) is 4.47 Å². The molecular formula is C13H10BrN3O4. The molecule has 1 amide bonds. The molecule has 0 saturated heterocycles. The van der Waals surface area contributed by atoms with E-state index in [0.29, 0.717) is 0 Å². The molecule has 0 aliphatic carbocycles. The van der Waals surface area contributed by atoms with Gasteiger partial charge in [0.25, 0.3) is 0 Å². The van der Waals surface area contributed by atoms with Crippen molar-refractivity contribution >= 4 is 33.9 Å². The van der Waals surface area contributed by atoms with E-state index in [0.717, 1.165) is 10.0 Å². The first kappa shape index (κ1) is 14.9. The van der Waals surface area contributed by atoms with E-state index in [-0.39, 0.29) is 24.0 Å². The monoisotopic (exact) mass is 351 g/mol. The number of carbonyl (C=O) groups is 1. The quantitative estimate of drug-likeness (QED) is 0.508. The van der Waals surface area contributed by atoms with Crippen molar-refractivity contribution in [2.45, 2.75) is 6.42 Å². The van der Waals surface area contributed by atoms with Gasteiger partial charge in [0.1, 0.15) is 4.92 Å². The molecule has 2 rings (SSSR count). The number of furan rings is 1. The Morgan fingerprint density at radius 1 is 1.33 bits per heavy atom. The normalized spacial score (nSPS) is 10.7. The Morgan fingerprint density at radius 2 is 2.05 bits per heavy atom. The predicted molar refractivity (Wildman–Crippen MR) is 78.9 cm³/mol. The van der Waals surface area contributed by atoms with Crippen LogP contribution in [0.3, 0.4) is 0 Å². The number of nitrogens with zero attached hydrogens (tertiary/aromatic N) is 2. The summed E-state index contributed by atoms with van der Waals surface area (Å²) in [5, 5.41) is 14.1. The van der Waals surface area contributed by atoms with E-state index < -0.39 is 4.92 Å². The van der Waals surface area contributed by atoms with Gasteiger partial charge >= 0.3 is 5.88 Å². The van der Waals surface area contributed by atoms with Crippen LogP contribution in [0.25, 0.3) is 0 Å². The minimum atomic E-state index is -0.649. The second kappa shape index (κ2) is 6.80. The molecule has 108 valence electrons. The van der Waals surface area contributed by atoms with Crippen molar-refractivity contribution in [2.75, 3.05) is 0 Å². The smallest absolute Gasteiger partial charge is 0.400 e. The van der Waals surface area contributed by atoms with Crippen LogP contribution in [0.5, 0.6) is 0 Å². The highest BCUT2D eigenvalue weighted by Crippen LogP contribution is 2.13. The van der Waals surface area contributed by atoms with Crippen LogP contribution in [0.15, 0.2) is 50.4 Å². The van der Waals surface area contributed by atoms with Gasteiger partial charge in [0.05, 0.1) is 18.7 Å². The fourth-order valence-corrected chi connectivity index (χ4v) is 1.77. The van der Waals surface area contributed by atoms with Crippen LogP contribution in [0.2, 0.25) is 0 Å². The first-order valence-electron chi connectivity index (χ1n) is 5.85. The van der Waals surface area contributed by atoms with Gasteiger partial charge in [-0.2, -0.15) is 5.10 Å². The van der Waals surface area contributed by atoms with E-state index in [2.05, 4.69) is 26.5 Å².